The lowest BCUT2D eigenvalue weighted by atomic mass is 10.1. The fourth-order valence-corrected chi connectivity index (χ4v) is 1.58. The van der Waals surface area contributed by atoms with Crippen molar-refractivity contribution in [2.45, 2.75) is 39.3 Å². The van der Waals surface area contributed by atoms with Gasteiger partial charge in [-0.3, -0.25) is 4.79 Å². The Kier molecular flexibility index (Phi) is 5.65. The average Bonchev–Trinajstić information content (AvgIpc) is 2.28. The van der Waals surface area contributed by atoms with Crippen molar-refractivity contribution in [3.8, 4) is 5.75 Å². The number of carbonyl (C=O) groups is 1. The molecule has 0 fully saturated rings. The molecule has 0 radical (unpaired) electrons. The van der Waals surface area contributed by atoms with Gasteiger partial charge in [-0.15, -0.1) is 0 Å². The van der Waals surface area contributed by atoms with E-state index in [1.165, 1.54) is 0 Å². The summed E-state index contributed by atoms with van der Waals surface area (Å²) in [6.45, 7) is 6.19. The molecule has 2 N–H and O–H groups in total. The molecule has 1 aromatic carbocycles. The molecule has 0 aromatic heterocycles. The van der Waals surface area contributed by atoms with E-state index in [-0.39, 0.29) is 23.8 Å². The van der Waals surface area contributed by atoms with Crippen LogP contribution in [0, 0.1) is 0 Å². The molecular weight excluding hydrogens is 230 g/mol. The van der Waals surface area contributed by atoms with Gasteiger partial charge in [-0.1, -0.05) is 12.1 Å². The molecule has 4 heteroatoms. The Balaban J connectivity index is 2.40. The van der Waals surface area contributed by atoms with Gasteiger partial charge in [0.25, 0.3) is 0 Å². The second kappa shape index (κ2) is 7.01. The van der Waals surface area contributed by atoms with Crippen molar-refractivity contribution in [3.63, 3.8) is 0 Å². The van der Waals surface area contributed by atoms with Gasteiger partial charge in [0.2, 0.25) is 5.91 Å². The van der Waals surface area contributed by atoms with Gasteiger partial charge >= 0.3 is 0 Å². The highest BCUT2D eigenvalue weighted by Gasteiger charge is 2.10. The highest BCUT2D eigenvalue weighted by Crippen LogP contribution is 2.17. The van der Waals surface area contributed by atoms with Gasteiger partial charge in [0.15, 0.2) is 0 Å². The Hall–Kier alpha value is -1.55. The van der Waals surface area contributed by atoms with Gasteiger partial charge in [0, 0.05) is 6.42 Å². The minimum atomic E-state index is -0.122. The molecule has 0 aliphatic heterocycles. The molecule has 0 saturated carbocycles. The van der Waals surface area contributed by atoms with Crippen molar-refractivity contribution in [1.29, 1.82) is 0 Å². The van der Waals surface area contributed by atoms with E-state index in [1.807, 2.05) is 26.8 Å². The van der Waals surface area contributed by atoms with Crippen LogP contribution in [0.15, 0.2) is 24.3 Å². The van der Waals surface area contributed by atoms with Gasteiger partial charge in [-0.05, 0) is 38.5 Å². The van der Waals surface area contributed by atoms with E-state index >= 15 is 0 Å². The first-order chi connectivity index (χ1) is 8.49. The van der Waals surface area contributed by atoms with Crippen molar-refractivity contribution < 1.29 is 14.6 Å². The standard InChI is InChI=1S/C14H21NO3/c1-10(2)18-8-7-14(17)15-11(3)12-5-4-6-13(16)9-12/h4-6,9-11,16H,7-8H2,1-3H3,(H,15,17). The lowest BCUT2D eigenvalue weighted by Gasteiger charge is -2.15. The van der Waals surface area contributed by atoms with Crippen molar-refractivity contribution in [1.82, 2.24) is 5.32 Å². The second-order valence-corrected chi connectivity index (χ2v) is 4.55. The molecule has 1 rings (SSSR count). The van der Waals surface area contributed by atoms with Crippen LogP contribution in [0.1, 0.15) is 38.8 Å². The maximum atomic E-state index is 11.6. The molecule has 0 spiro atoms. The van der Waals surface area contributed by atoms with Crippen molar-refractivity contribution in [2.24, 2.45) is 0 Å². The van der Waals surface area contributed by atoms with Gasteiger partial charge < -0.3 is 15.2 Å². The molecule has 0 heterocycles. The van der Waals surface area contributed by atoms with Gasteiger partial charge in [-0.2, -0.15) is 0 Å². The molecule has 4 nitrogen and oxygen atoms in total. The van der Waals surface area contributed by atoms with E-state index in [1.54, 1.807) is 18.2 Å². The number of hydrogen-bond donors (Lipinski definition) is 2. The van der Waals surface area contributed by atoms with E-state index in [0.717, 1.165) is 5.56 Å². The molecule has 0 aliphatic rings. The predicted molar refractivity (Wildman–Crippen MR) is 70.4 cm³/mol. The first-order valence-electron chi connectivity index (χ1n) is 6.19. The number of ether oxygens (including phenoxy) is 1. The van der Waals surface area contributed by atoms with Crippen LogP contribution in [0.2, 0.25) is 0 Å². The second-order valence-electron chi connectivity index (χ2n) is 4.55. The predicted octanol–water partition coefficient (Wildman–Crippen LogP) is 2.38. The van der Waals surface area contributed by atoms with Gasteiger partial charge in [0.05, 0.1) is 18.8 Å². The molecule has 1 unspecified atom stereocenters. The van der Waals surface area contributed by atoms with Crippen molar-refractivity contribution in [3.05, 3.63) is 29.8 Å². The normalized spacial score (nSPS) is 12.4. The molecule has 100 valence electrons. The van der Waals surface area contributed by atoms with Crippen molar-refractivity contribution >= 4 is 5.91 Å². The number of aromatic hydroxyl groups is 1. The summed E-state index contributed by atoms with van der Waals surface area (Å²) in [6.07, 6.45) is 0.489. The van der Waals surface area contributed by atoms with Gasteiger partial charge in [0.1, 0.15) is 5.75 Å². The van der Waals surface area contributed by atoms with Crippen LogP contribution in [0.4, 0.5) is 0 Å². The van der Waals surface area contributed by atoms with E-state index in [0.29, 0.717) is 13.0 Å². The fourth-order valence-electron chi connectivity index (χ4n) is 1.58. The molecule has 18 heavy (non-hydrogen) atoms. The van der Waals surface area contributed by atoms with E-state index in [9.17, 15) is 9.90 Å². The molecule has 0 saturated heterocycles. The van der Waals surface area contributed by atoms with Crippen LogP contribution in [-0.4, -0.2) is 23.7 Å². The SMILES string of the molecule is CC(C)OCCC(=O)NC(C)c1cccc(O)c1. The minimum Gasteiger partial charge on any atom is -0.508 e. The number of nitrogens with one attached hydrogen (secondary N) is 1. The van der Waals surface area contributed by atoms with E-state index < -0.39 is 0 Å². The zero-order valence-corrected chi connectivity index (χ0v) is 11.1. The fraction of sp³-hybridized carbons (Fsp3) is 0.500. The Bertz CT molecular complexity index is 390. The molecule has 1 aromatic rings. The van der Waals surface area contributed by atoms with Crippen LogP contribution in [0.25, 0.3) is 0 Å². The van der Waals surface area contributed by atoms with Crippen LogP contribution in [0.5, 0.6) is 5.75 Å². The minimum absolute atomic E-state index is 0.0495. The summed E-state index contributed by atoms with van der Waals surface area (Å²) in [7, 11) is 0. The van der Waals surface area contributed by atoms with Crippen LogP contribution in [0.3, 0.4) is 0 Å². The number of phenolic OH excluding ortho intramolecular Hbond substituents is 1. The van der Waals surface area contributed by atoms with Crippen molar-refractivity contribution in [2.75, 3.05) is 6.61 Å². The molecule has 0 aliphatic carbocycles. The number of amides is 1. The van der Waals surface area contributed by atoms with Crippen LogP contribution in [-0.2, 0) is 9.53 Å². The molecule has 1 amide bonds. The quantitative estimate of drug-likeness (QED) is 0.816. The Morgan fingerprint density at radius 3 is 2.72 bits per heavy atom. The Morgan fingerprint density at radius 2 is 2.11 bits per heavy atom. The zero-order chi connectivity index (χ0) is 13.5. The van der Waals surface area contributed by atoms with Crippen LogP contribution < -0.4 is 5.32 Å². The lowest BCUT2D eigenvalue weighted by molar-refractivity contribution is -0.123. The number of phenols is 1. The summed E-state index contributed by atoms with van der Waals surface area (Å²) in [5, 5.41) is 12.2. The highest BCUT2D eigenvalue weighted by atomic mass is 16.5. The lowest BCUT2D eigenvalue weighted by Crippen LogP contribution is -2.27. The third kappa shape index (κ3) is 5.19. The summed E-state index contributed by atoms with van der Waals surface area (Å²) >= 11 is 0. The van der Waals surface area contributed by atoms with E-state index in [4.69, 9.17) is 4.74 Å². The summed E-state index contributed by atoms with van der Waals surface area (Å²) < 4.78 is 5.32. The Labute approximate surface area is 108 Å². The average molecular weight is 251 g/mol. The maximum Gasteiger partial charge on any atom is 0.222 e. The summed E-state index contributed by atoms with van der Waals surface area (Å²) in [5.41, 5.74) is 0.883. The zero-order valence-electron chi connectivity index (χ0n) is 11.1. The first kappa shape index (κ1) is 14.5. The molecular formula is C14H21NO3. The number of carbonyl (C=O) groups excluding carboxylic acids is 1. The third-order valence-electron chi connectivity index (χ3n) is 2.53. The van der Waals surface area contributed by atoms with Gasteiger partial charge in [-0.25, -0.2) is 0 Å². The maximum absolute atomic E-state index is 11.6. The summed E-state index contributed by atoms with van der Waals surface area (Å²) in [6, 6.07) is 6.76. The number of hydrogen-bond acceptors (Lipinski definition) is 3. The molecule has 0 bridgehead atoms. The summed E-state index contributed by atoms with van der Waals surface area (Å²) in [4.78, 5) is 11.6. The largest absolute Gasteiger partial charge is 0.508 e. The van der Waals surface area contributed by atoms with E-state index in [2.05, 4.69) is 5.32 Å². The molecule has 1 atom stereocenters. The monoisotopic (exact) mass is 251 g/mol. The number of rotatable bonds is 6. The first-order valence-corrected chi connectivity index (χ1v) is 6.19. The number of benzene rings is 1. The van der Waals surface area contributed by atoms with Crippen LogP contribution >= 0.6 is 0 Å². The Morgan fingerprint density at radius 1 is 1.39 bits per heavy atom. The topological polar surface area (TPSA) is 58.6 Å². The highest BCUT2D eigenvalue weighted by molar-refractivity contribution is 5.76. The smallest absolute Gasteiger partial charge is 0.222 e. The summed E-state index contributed by atoms with van der Waals surface area (Å²) in [5.74, 6) is 0.156. The third-order valence-corrected chi connectivity index (χ3v) is 2.53.